The predicted octanol–water partition coefficient (Wildman–Crippen LogP) is 6.49. The Bertz CT molecular complexity index is 2150. The van der Waals surface area contributed by atoms with Gasteiger partial charge in [0, 0.05) is 12.8 Å². The molecule has 0 radical (unpaired) electrons. The molecule has 2 aromatic carbocycles. The van der Waals surface area contributed by atoms with E-state index in [-0.39, 0.29) is 54.0 Å². The summed E-state index contributed by atoms with van der Waals surface area (Å²) in [5.41, 5.74) is 6.90. The monoisotopic (exact) mass is 908 g/mol. The van der Waals surface area contributed by atoms with Gasteiger partial charge >= 0.3 is 0 Å². The third-order valence-corrected chi connectivity index (χ3v) is 14.6. The lowest BCUT2D eigenvalue weighted by molar-refractivity contribution is -0.138. The number of unbranched alkanes of at least 4 members (excludes halogenated alkanes) is 4. The first kappa shape index (κ1) is 47.8. The number of sulfone groups is 1. The topological polar surface area (TPSA) is 191 Å². The van der Waals surface area contributed by atoms with E-state index in [1.165, 1.54) is 17.3 Å². The summed E-state index contributed by atoms with van der Waals surface area (Å²) in [4.78, 5) is 56.6. The van der Waals surface area contributed by atoms with Crippen LogP contribution in [0.5, 0.6) is 5.75 Å². The van der Waals surface area contributed by atoms with E-state index < -0.39 is 33.1 Å². The average molecular weight is 910 g/mol. The number of likely N-dealkylation sites (tertiary alicyclic amines) is 1. The number of anilines is 2. The van der Waals surface area contributed by atoms with Crippen LogP contribution in [-0.4, -0.2) is 97.4 Å². The van der Waals surface area contributed by atoms with E-state index in [1.807, 2.05) is 13.8 Å². The van der Waals surface area contributed by atoms with E-state index in [1.54, 1.807) is 43.1 Å². The maximum Gasteiger partial charge on any atom is 0.249 e. The van der Waals surface area contributed by atoms with Gasteiger partial charge in [0.25, 0.3) is 0 Å². The van der Waals surface area contributed by atoms with Crippen molar-refractivity contribution in [1.29, 1.82) is 0 Å². The number of piperidine rings is 2. The van der Waals surface area contributed by atoms with Crippen LogP contribution in [0, 0.1) is 12.8 Å². The summed E-state index contributed by atoms with van der Waals surface area (Å²) >= 11 is 6.57. The molecule has 1 aliphatic carbocycles. The number of nitrogens with zero attached hydrogens (tertiary/aromatic N) is 3. The maximum atomic E-state index is 13.1. The standard InChI is InChI=1S/C46H65ClN8O7S/c1-29(2)62-38-26-34(31(5)25-37(38)49-41-28-55(40(47)27-48-41)53-35-13-10-11-14-39(35)63(60,61)30(3)4)32-20-23-54(24-21-32)22-12-8-6-7-9-15-42(56)51-44(33-16-17-33)46(59)50-36-18-19-43(57)52-45(36)58/h10-11,13-14,25-27,29-30,32-33,36,44,53H,6-9,12,15-24,28H2,1-5H3,(H,48,49)(H,50,59)(H,51,56)(H,52,57,58). The van der Waals surface area contributed by atoms with Gasteiger partial charge in [0.15, 0.2) is 9.84 Å². The van der Waals surface area contributed by atoms with Crippen LogP contribution in [0.15, 0.2) is 57.6 Å². The fourth-order valence-corrected chi connectivity index (χ4v) is 9.72. The first-order valence-electron chi connectivity index (χ1n) is 22.6. The molecular weight excluding hydrogens is 844 g/mol. The van der Waals surface area contributed by atoms with Gasteiger partial charge in [-0.3, -0.25) is 34.9 Å². The fourth-order valence-electron chi connectivity index (χ4n) is 8.37. The number of benzene rings is 2. The van der Waals surface area contributed by atoms with Gasteiger partial charge < -0.3 is 25.6 Å². The first-order chi connectivity index (χ1) is 30.1. The number of para-hydroxylation sites is 1. The van der Waals surface area contributed by atoms with E-state index in [2.05, 4.69) is 55.6 Å². The van der Waals surface area contributed by atoms with Gasteiger partial charge in [-0.2, -0.15) is 0 Å². The summed E-state index contributed by atoms with van der Waals surface area (Å²) in [6, 6.07) is 9.72. The first-order valence-corrected chi connectivity index (χ1v) is 24.5. The Morgan fingerprint density at radius 3 is 2.37 bits per heavy atom. The van der Waals surface area contributed by atoms with Crippen molar-refractivity contribution in [2.75, 3.05) is 36.9 Å². The molecular formula is C46H65ClN8O7S. The van der Waals surface area contributed by atoms with Crippen molar-refractivity contribution in [1.82, 2.24) is 25.9 Å². The molecule has 3 aliphatic heterocycles. The summed E-state index contributed by atoms with van der Waals surface area (Å²) in [6.45, 7) is 12.8. The number of amides is 4. The molecule has 3 fully saturated rings. The van der Waals surface area contributed by atoms with Gasteiger partial charge in [0.05, 0.1) is 40.4 Å². The van der Waals surface area contributed by atoms with Crippen LogP contribution in [0.2, 0.25) is 0 Å². The number of aliphatic imine (C=N–C) groups is 1. The van der Waals surface area contributed by atoms with Crippen molar-refractivity contribution >= 4 is 62.3 Å². The Morgan fingerprint density at radius 2 is 1.67 bits per heavy atom. The van der Waals surface area contributed by atoms with Gasteiger partial charge in [-0.25, -0.2) is 13.4 Å². The second-order valence-electron chi connectivity index (χ2n) is 17.8. The van der Waals surface area contributed by atoms with Gasteiger partial charge in [-0.1, -0.05) is 43.0 Å². The second kappa shape index (κ2) is 21.8. The van der Waals surface area contributed by atoms with Gasteiger partial charge in [-0.15, -0.1) is 0 Å². The van der Waals surface area contributed by atoms with Gasteiger partial charge in [-0.05, 0) is 146 Å². The fraction of sp³-hybridized carbons (Fsp3) is 0.587. The number of nitrogens with one attached hydrogen (secondary N) is 5. The molecule has 0 bridgehead atoms. The minimum atomic E-state index is -3.54. The summed E-state index contributed by atoms with van der Waals surface area (Å²) in [5.74, 6) is 0.548. The van der Waals surface area contributed by atoms with Crippen molar-refractivity contribution in [3.05, 3.63) is 58.9 Å². The molecule has 344 valence electrons. The average Bonchev–Trinajstić information content (AvgIpc) is 4.09. The van der Waals surface area contributed by atoms with Crippen molar-refractivity contribution in [3.8, 4) is 5.75 Å². The number of ether oxygens (including phenoxy) is 1. The van der Waals surface area contributed by atoms with E-state index in [0.717, 1.165) is 88.9 Å². The molecule has 0 aromatic heterocycles. The lowest BCUT2D eigenvalue weighted by Gasteiger charge is -2.33. The van der Waals surface area contributed by atoms with Crippen LogP contribution in [-0.2, 0) is 29.0 Å². The predicted molar refractivity (Wildman–Crippen MR) is 246 cm³/mol. The lowest BCUT2D eigenvalue weighted by Crippen LogP contribution is -2.57. The number of imide groups is 1. The Labute approximate surface area is 377 Å². The number of halogens is 1. The van der Waals surface area contributed by atoms with Crippen molar-refractivity contribution in [2.24, 2.45) is 10.9 Å². The number of carbonyl (C=O) groups is 4. The van der Waals surface area contributed by atoms with Gasteiger partial charge in [0.2, 0.25) is 23.6 Å². The smallest absolute Gasteiger partial charge is 0.249 e. The summed E-state index contributed by atoms with van der Waals surface area (Å²) in [6.07, 6.45) is 11.1. The second-order valence-corrected chi connectivity index (χ2v) is 20.7. The number of hydrogen-bond acceptors (Lipinski definition) is 12. The number of carbonyl (C=O) groups excluding carboxylic acids is 4. The molecule has 4 aliphatic rings. The van der Waals surface area contributed by atoms with Crippen LogP contribution >= 0.6 is 11.6 Å². The minimum absolute atomic E-state index is 0.0493. The highest BCUT2D eigenvalue weighted by Gasteiger charge is 2.39. The van der Waals surface area contributed by atoms with E-state index in [0.29, 0.717) is 29.0 Å². The largest absolute Gasteiger partial charge is 0.489 e. The van der Waals surface area contributed by atoms with E-state index in [4.69, 9.17) is 16.3 Å². The van der Waals surface area contributed by atoms with Crippen molar-refractivity contribution in [2.45, 2.75) is 146 Å². The molecule has 17 heteroatoms. The molecule has 2 atom stereocenters. The Balaban J connectivity index is 0.927. The number of hydrazine groups is 1. The zero-order valence-electron chi connectivity index (χ0n) is 37.3. The highest BCUT2D eigenvalue weighted by atomic mass is 35.5. The van der Waals surface area contributed by atoms with Crippen LogP contribution in [0.1, 0.15) is 122 Å². The SMILES string of the molecule is Cc1cc(NC2=NC=C(Cl)N(Nc3ccccc3S(=O)(=O)C(C)C)C2)c(OC(C)C)cc1C1CCN(CCCCCCCC(=O)NC(C(=O)NC2CCC(=O)NC2=O)C2CC2)CC1. The molecule has 0 spiro atoms. The highest BCUT2D eigenvalue weighted by molar-refractivity contribution is 7.92. The molecule has 1 saturated carbocycles. The molecule has 6 rings (SSSR count). The zero-order valence-corrected chi connectivity index (χ0v) is 38.9. The quantitative estimate of drug-likeness (QED) is 0.0555. The minimum Gasteiger partial charge on any atom is -0.489 e. The van der Waals surface area contributed by atoms with Crippen molar-refractivity contribution < 1.29 is 32.3 Å². The van der Waals surface area contributed by atoms with Crippen LogP contribution in [0.4, 0.5) is 11.4 Å². The normalized spacial score (nSPS) is 19.3. The zero-order chi connectivity index (χ0) is 45.3. The molecule has 4 amide bonds. The van der Waals surface area contributed by atoms with E-state index >= 15 is 0 Å². The van der Waals surface area contributed by atoms with Crippen LogP contribution in [0.3, 0.4) is 0 Å². The maximum absolute atomic E-state index is 13.1. The molecule has 2 saturated heterocycles. The molecule has 5 N–H and O–H groups in total. The molecule has 2 aromatic rings. The Kier molecular flexibility index (Phi) is 16.5. The molecule has 2 unspecified atom stereocenters. The Morgan fingerprint density at radius 1 is 0.952 bits per heavy atom. The van der Waals surface area contributed by atoms with Crippen molar-refractivity contribution in [3.63, 3.8) is 0 Å². The Hall–Kier alpha value is -4.67. The number of rotatable bonds is 20. The number of hydrogen-bond donors (Lipinski definition) is 5. The van der Waals surface area contributed by atoms with Crippen LogP contribution in [0.25, 0.3) is 0 Å². The third-order valence-electron chi connectivity index (χ3n) is 12.1. The highest BCUT2D eigenvalue weighted by Crippen LogP contribution is 2.38. The van der Waals surface area contributed by atoms with Gasteiger partial charge in [0.1, 0.15) is 28.8 Å². The van der Waals surface area contributed by atoms with E-state index in [9.17, 15) is 27.6 Å². The number of aryl methyl sites for hydroxylation is 1. The summed E-state index contributed by atoms with van der Waals surface area (Å²) < 4.78 is 32.6. The molecule has 63 heavy (non-hydrogen) atoms. The number of amidine groups is 1. The summed E-state index contributed by atoms with van der Waals surface area (Å²) in [5, 5.41) is 12.8. The molecule has 3 heterocycles. The summed E-state index contributed by atoms with van der Waals surface area (Å²) in [7, 11) is -3.54. The van der Waals surface area contributed by atoms with Crippen LogP contribution < -0.4 is 31.4 Å². The third kappa shape index (κ3) is 13.2. The lowest BCUT2D eigenvalue weighted by atomic mass is 9.86. The molecule has 15 nitrogen and oxygen atoms in total.